The Morgan fingerprint density at radius 2 is 2.08 bits per heavy atom. The van der Waals surface area contributed by atoms with Crippen LogP contribution in [0.5, 0.6) is 0 Å². The molecule has 1 aromatic heterocycles. The fourth-order valence-corrected chi connectivity index (χ4v) is 3.38. The summed E-state index contributed by atoms with van der Waals surface area (Å²) in [5.74, 6) is 0.313. The molecule has 0 spiro atoms. The van der Waals surface area contributed by atoms with Gasteiger partial charge in [-0.15, -0.1) is 0 Å². The van der Waals surface area contributed by atoms with Gasteiger partial charge in [-0.1, -0.05) is 30.3 Å². The first-order valence-corrected chi connectivity index (χ1v) is 9.01. The molecular formula is C20H26N4O. The van der Waals surface area contributed by atoms with E-state index >= 15 is 0 Å². The summed E-state index contributed by atoms with van der Waals surface area (Å²) in [6, 6.07) is 10.0. The monoisotopic (exact) mass is 338 g/mol. The predicted octanol–water partition coefficient (Wildman–Crippen LogP) is 2.95. The third-order valence-corrected chi connectivity index (χ3v) is 4.80. The van der Waals surface area contributed by atoms with Crippen LogP contribution in [0.3, 0.4) is 0 Å². The second-order valence-corrected chi connectivity index (χ2v) is 6.74. The van der Waals surface area contributed by atoms with Gasteiger partial charge >= 0.3 is 0 Å². The zero-order chi connectivity index (χ0) is 17.6. The lowest BCUT2D eigenvalue weighted by atomic mass is 9.95. The Morgan fingerprint density at radius 3 is 2.80 bits per heavy atom. The molecule has 0 aliphatic carbocycles. The van der Waals surface area contributed by atoms with Crippen molar-refractivity contribution in [2.45, 2.75) is 32.2 Å². The SMILES string of the molecule is CCN(Cc1ccccc1)C(=O)c1cncc([C@H]2CCCN(C)C2)n1. The molecule has 5 nitrogen and oxygen atoms in total. The number of hydrogen-bond acceptors (Lipinski definition) is 4. The molecule has 1 saturated heterocycles. The number of carbonyl (C=O) groups is 1. The first kappa shape index (κ1) is 17.5. The van der Waals surface area contributed by atoms with E-state index in [0.29, 0.717) is 24.7 Å². The van der Waals surface area contributed by atoms with Crippen LogP contribution in [0.25, 0.3) is 0 Å². The number of likely N-dealkylation sites (tertiary alicyclic amines) is 1. The van der Waals surface area contributed by atoms with Crippen LogP contribution in [0, 0.1) is 0 Å². The molecule has 1 fully saturated rings. The summed E-state index contributed by atoms with van der Waals surface area (Å²) >= 11 is 0. The van der Waals surface area contributed by atoms with Crippen molar-refractivity contribution in [1.29, 1.82) is 0 Å². The highest BCUT2D eigenvalue weighted by Crippen LogP contribution is 2.24. The maximum Gasteiger partial charge on any atom is 0.274 e. The Morgan fingerprint density at radius 1 is 1.28 bits per heavy atom. The standard InChI is InChI=1S/C20H26N4O/c1-3-24(14-16-8-5-4-6-9-16)20(25)19-13-21-12-18(22-19)17-10-7-11-23(2)15-17/h4-6,8-9,12-13,17H,3,7,10-11,14-15H2,1-2H3/t17-/m0/s1. The van der Waals surface area contributed by atoms with Gasteiger partial charge in [0.05, 0.1) is 11.9 Å². The summed E-state index contributed by atoms with van der Waals surface area (Å²) in [6.07, 6.45) is 5.67. The number of rotatable bonds is 5. The van der Waals surface area contributed by atoms with Crippen LogP contribution in [0.15, 0.2) is 42.7 Å². The lowest BCUT2D eigenvalue weighted by Crippen LogP contribution is -2.33. The summed E-state index contributed by atoms with van der Waals surface area (Å²) < 4.78 is 0. The summed E-state index contributed by atoms with van der Waals surface area (Å²) in [5.41, 5.74) is 2.51. The van der Waals surface area contributed by atoms with E-state index in [9.17, 15) is 4.79 Å². The molecule has 1 atom stereocenters. The minimum atomic E-state index is -0.0510. The molecule has 25 heavy (non-hydrogen) atoms. The Hall–Kier alpha value is -2.27. The molecule has 1 amide bonds. The van der Waals surface area contributed by atoms with Crippen molar-refractivity contribution >= 4 is 5.91 Å². The molecule has 0 N–H and O–H groups in total. The smallest absolute Gasteiger partial charge is 0.274 e. The third-order valence-electron chi connectivity index (χ3n) is 4.80. The number of piperidine rings is 1. The van der Waals surface area contributed by atoms with Gasteiger partial charge in [0.25, 0.3) is 5.91 Å². The van der Waals surface area contributed by atoms with E-state index in [4.69, 9.17) is 0 Å². The maximum absolute atomic E-state index is 12.9. The van der Waals surface area contributed by atoms with Gasteiger partial charge in [-0.25, -0.2) is 4.98 Å². The van der Waals surface area contributed by atoms with Gasteiger partial charge in [0, 0.05) is 31.7 Å². The van der Waals surface area contributed by atoms with Gasteiger partial charge in [-0.2, -0.15) is 0 Å². The normalized spacial score (nSPS) is 18.1. The van der Waals surface area contributed by atoms with Gasteiger partial charge in [0.1, 0.15) is 5.69 Å². The second-order valence-electron chi connectivity index (χ2n) is 6.74. The summed E-state index contributed by atoms with van der Waals surface area (Å²) in [6.45, 7) is 5.34. The predicted molar refractivity (Wildman–Crippen MR) is 98.4 cm³/mol. The van der Waals surface area contributed by atoms with Crippen molar-refractivity contribution in [3.63, 3.8) is 0 Å². The zero-order valence-electron chi connectivity index (χ0n) is 15.1. The van der Waals surface area contributed by atoms with E-state index in [2.05, 4.69) is 21.9 Å². The van der Waals surface area contributed by atoms with Crippen molar-refractivity contribution in [1.82, 2.24) is 19.8 Å². The Balaban J connectivity index is 1.75. The lowest BCUT2D eigenvalue weighted by molar-refractivity contribution is 0.0745. The van der Waals surface area contributed by atoms with Crippen LogP contribution in [0.2, 0.25) is 0 Å². The quantitative estimate of drug-likeness (QED) is 0.841. The Labute approximate surface area is 149 Å². The van der Waals surface area contributed by atoms with E-state index in [-0.39, 0.29) is 5.91 Å². The molecule has 1 aromatic carbocycles. The molecule has 2 heterocycles. The number of nitrogens with zero attached hydrogens (tertiary/aromatic N) is 4. The first-order valence-electron chi connectivity index (χ1n) is 9.01. The van der Waals surface area contributed by atoms with Crippen molar-refractivity contribution in [3.8, 4) is 0 Å². The highest BCUT2D eigenvalue weighted by atomic mass is 16.2. The van der Waals surface area contributed by atoms with Crippen LogP contribution in [0.1, 0.15) is 47.4 Å². The average molecular weight is 338 g/mol. The van der Waals surface area contributed by atoms with Gasteiger partial charge in [-0.05, 0) is 38.9 Å². The molecule has 132 valence electrons. The Kier molecular flexibility index (Phi) is 5.76. The fraction of sp³-hybridized carbons (Fsp3) is 0.450. The zero-order valence-corrected chi connectivity index (χ0v) is 15.1. The molecule has 0 radical (unpaired) electrons. The molecule has 2 aromatic rings. The summed E-state index contributed by atoms with van der Waals surface area (Å²) in [7, 11) is 2.13. The number of amides is 1. The second kappa shape index (κ2) is 8.21. The topological polar surface area (TPSA) is 49.3 Å². The summed E-state index contributed by atoms with van der Waals surface area (Å²) in [4.78, 5) is 26.0. The van der Waals surface area contributed by atoms with Crippen LogP contribution in [0.4, 0.5) is 0 Å². The lowest BCUT2D eigenvalue weighted by Gasteiger charge is -2.29. The Bertz CT molecular complexity index is 704. The van der Waals surface area contributed by atoms with Crippen molar-refractivity contribution in [2.24, 2.45) is 0 Å². The third kappa shape index (κ3) is 4.42. The van der Waals surface area contributed by atoms with Crippen LogP contribution in [-0.2, 0) is 6.54 Å². The number of hydrogen-bond donors (Lipinski definition) is 0. The van der Waals surface area contributed by atoms with Crippen LogP contribution in [-0.4, -0.2) is 52.4 Å². The summed E-state index contributed by atoms with van der Waals surface area (Å²) in [5, 5.41) is 0. The number of aromatic nitrogens is 2. The largest absolute Gasteiger partial charge is 0.333 e. The first-order chi connectivity index (χ1) is 12.2. The molecule has 0 saturated carbocycles. The molecular weight excluding hydrogens is 312 g/mol. The van der Waals surface area contributed by atoms with E-state index in [0.717, 1.165) is 37.2 Å². The van der Waals surface area contributed by atoms with Gasteiger partial charge in [-0.3, -0.25) is 9.78 Å². The number of carbonyl (C=O) groups excluding carboxylic acids is 1. The van der Waals surface area contributed by atoms with Crippen molar-refractivity contribution < 1.29 is 4.79 Å². The molecule has 0 bridgehead atoms. The van der Waals surface area contributed by atoms with E-state index < -0.39 is 0 Å². The minimum absolute atomic E-state index is 0.0510. The molecule has 3 rings (SSSR count). The maximum atomic E-state index is 12.9. The molecule has 1 aliphatic heterocycles. The van der Waals surface area contributed by atoms with Crippen LogP contribution < -0.4 is 0 Å². The molecule has 0 unspecified atom stereocenters. The highest BCUT2D eigenvalue weighted by Gasteiger charge is 2.23. The molecule has 1 aliphatic rings. The van der Waals surface area contributed by atoms with Crippen molar-refractivity contribution in [2.75, 3.05) is 26.7 Å². The number of likely N-dealkylation sites (N-methyl/N-ethyl adjacent to an activating group) is 1. The highest BCUT2D eigenvalue weighted by molar-refractivity contribution is 5.92. The number of benzene rings is 1. The van der Waals surface area contributed by atoms with Gasteiger partial charge in [0.2, 0.25) is 0 Å². The van der Waals surface area contributed by atoms with Gasteiger partial charge in [0.15, 0.2) is 0 Å². The molecule has 5 heteroatoms. The van der Waals surface area contributed by atoms with Crippen LogP contribution >= 0.6 is 0 Å². The van der Waals surface area contributed by atoms with Gasteiger partial charge < -0.3 is 9.80 Å². The fourth-order valence-electron chi connectivity index (χ4n) is 3.38. The minimum Gasteiger partial charge on any atom is -0.333 e. The van der Waals surface area contributed by atoms with E-state index in [1.165, 1.54) is 0 Å². The van der Waals surface area contributed by atoms with Crippen molar-refractivity contribution in [3.05, 3.63) is 59.7 Å². The van der Waals surface area contributed by atoms with E-state index in [1.807, 2.05) is 48.4 Å². The van der Waals surface area contributed by atoms with E-state index in [1.54, 1.807) is 6.20 Å². The average Bonchev–Trinajstić information content (AvgIpc) is 2.66.